The number of hydrogen-bond acceptors (Lipinski definition) is 10. The van der Waals surface area contributed by atoms with Crippen LogP contribution in [0, 0.1) is 11.3 Å². The number of carboxylic acid groups (broad SMARTS) is 2. The molecule has 5 atom stereocenters. The van der Waals surface area contributed by atoms with E-state index in [1.807, 2.05) is 0 Å². The zero-order valence-corrected chi connectivity index (χ0v) is 37.1. The fourth-order valence-electron chi connectivity index (χ4n) is 7.19. The Balaban J connectivity index is 2.71. The van der Waals surface area contributed by atoms with Gasteiger partial charge in [-0.1, -0.05) is 97.8 Å². The molecule has 0 unspecified atom stereocenters. The number of rotatable bonds is 34. The van der Waals surface area contributed by atoms with Crippen molar-refractivity contribution in [3.63, 3.8) is 0 Å². The van der Waals surface area contributed by atoms with Crippen molar-refractivity contribution >= 4 is 53.3 Å². The lowest BCUT2D eigenvalue weighted by atomic mass is 10.0. The molecule has 1 heterocycles. The van der Waals surface area contributed by atoms with Gasteiger partial charge >= 0.3 is 11.9 Å². The van der Waals surface area contributed by atoms with Crippen LogP contribution in [-0.2, 0) is 38.4 Å². The zero-order chi connectivity index (χ0) is 46.5. The predicted molar refractivity (Wildman–Crippen MR) is 231 cm³/mol. The molecule has 1 aliphatic heterocycles. The molecule has 0 aliphatic carbocycles. The highest BCUT2D eigenvalue weighted by atomic mass is 16.4. The molecule has 1 rings (SSSR count). The van der Waals surface area contributed by atoms with E-state index in [4.69, 9.17) is 11.1 Å². The van der Waals surface area contributed by atoms with Crippen molar-refractivity contribution < 1.29 is 53.7 Å². The van der Waals surface area contributed by atoms with Crippen LogP contribution in [0.2, 0.25) is 0 Å². The minimum Gasteiger partial charge on any atom is -0.481 e. The Bertz CT molecular complexity index is 1450. The number of likely N-dealkylation sites (tertiary alicyclic amines) is 1. The third-order valence-electron chi connectivity index (χ3n) is 10.6. The number of aliphatic hydroxyl groups is 1. The van der Waals surface area contributed by atoms with Crippen LogP contribution >= 0.6 is 0 Å². The molecule has 12 N–H and O–H groups in total. The SMILES string of the molecule is CCCCCCCCCCCCCCCC(=O)N1CCC[C@H]1C(=O)NCC(=O)N[C@@H](CC(=O)O)C(=O)N[C@@H](CC(C)C)C(=O)N[C@@H](CO)C(=O)N[C@@H](CCCNC(=N)N)C(=O)O. The molecule has 20 nitrogen and oxygen atoms in total. The first-order chi connectivity index (χ1) is 29.5. The number of hydrogen-bond donors (Lipinski definition) is 11. The zero-order valence-electron chi connectivity index (χ0n) is 37.1. The number of guanidine groups is 1. The molecule has 0 spiro atoms. The van der Waals surface area contributed by atoms with Crippen LogP contribution in [0.25, 0.3) is 0 Å². The molecular weight excluding hydrogens is 807 g/mol. The lowest BCUT2D eigenvalue weighted by molar-refractivity contribution is -0.142. The Kier molecular flexibility index (Phi) is 28.2. The topological polar surface area (TPSA) is 323 Å². The van der Waals surface area contributed by atoms with Gasteiger partial charge in [0, 0.05) is 19.5 Å². The van der Waals surface area contributed by atoms with Gasteiger partial charge in [-0.25, -0.2) is 4.79 Å². The van der Waals surface area contributed by atoms with Crippen LogP contribution in [-0.4, -0.2) is 130 Å². The van der Waals surface area contributed by atoms with E-state index in [9.17, 15) is 53.7 Å². The van der Waals surface area contributed by atoms with Gasteiger partial charge in [0.25, 0.3) is 0 Å². The molecular formula is C42H75N9O11. The Morgan fingerprint density at radius 1 is 0.710 bits per heavy atom. The van der Waals surface area contributed by atoms with Gasteiger partial charge in [-0.3, -0.25) is 39.0 Å². The van der Waals surface area contributed by atoms with Crippen molar-refractivity contribution in [2.24, 2.45) is 11.7 Å². The van der Waals surface area contributed by atoms with Gasteiger partial charge in [0.05, 0.1) is 19.6 Å². The number of carboxylic acids is 2. The molecule has 0 aromatic heterocycles. The molecule has 0 radical (unpaired) electrons. The second-order valence-corrected chi connectivity index (χ2v) is 16.5. The monoisotopic (exact) mass is 882 g/mol. The van der Waals surface area contributed by atoms with E-state index in [0.29, 0.717) is 25.8 Å². The third kappa shape index (κ3) is 23.8. The Morgan fingerprint density at radius 3 is 1.77 bits per heavy atom. The average Bonchev–Trinajstić information content (AvgIpc) is 3.71. The van der Waals surface area contributed by atoms with E-state index in [0.717, 1.165) is 25.7 Å². The molecule has 1 fully saturated rings. The summed E-state index contributed by atoms with van der Waals surface area (Å²) in [5, 5.41) is 50.3. The smallest absolute Gasteiger partial charge is 0.326 e. The number of nitrogens with zero attached hydrogens (tertiary/aromatic N) is 1. The number of amides is 6. The van der Waals surface area contributed by atoms with Gasteiger partial charge in [-0.2, -0.15) is 0 Å². The highest BCUT2D eigenvalue weighted by Gasteiger charge is 2.35. The van der Waals surface area contributed by atoms with Gasteiger partial charge in [0.15, 0.2) is 5.96 Å². The van der Waals surface area contributed by atoms with E-state index < -0.39 is 91.3 Å². The van der Waals surface area contributed by atoms with Crippen LogP contribution < -0.4 is 37.6 Å². The number of unbranched alkanes of at least 4 members (excludes halogenated alkanes) is 12. The van der Waals surface area contributed by atoms with Crippen molar-refractivity contribution in [2.45, 2.75) is 179 Å². The first-order valence-electron chi connectivity index (χ1n) is 22.4. The largest absolute Gasteiger partial charge is 0.481 e. The number of carbonyl (C=O) groups excluding carboxylic acids is 6. The van der Waals surface area contributed by atoms with Crippen LogP contribution in [0.4, 0.5) is 0 Å². The van der Waals surface area contributed by atoms with Gasteiger partial charge < -0.3 is 57.9 Å². The summed E-state index contributed by atoms with van der Waals surface area (Å²) in [6.07, 6.45) is 16.0. The summed E-state index contributed by atoms with van der Waals surface area (Å²) in [5.41, 5.74) is 5.21. The number of carbonyl (C=O) groups is 8. The summed E-state index contributed by atoms with van der Waals surface area (Å²) in [5.74, 6) is -7.98. The van der Waals surface area contributed by atoms with E-state index in [2.05, 4.69) is 38.8 Å². The van der Waals surface area contributed by atoms with Gasteiger partial charge in [0.2, 0.25) is 35.4 Å². The highest BCUT2D eigenvalue weighted by molar-refractivity contribution is 5.97. The predicted octanol–water partition coefficient (Wildman–Crippen LogP) is 1.38. The lowest BCUT2D eigenvalue weighted by Crippen LogP contribution is -2.59. The van der Waals surface area contributed by atoms with Crippen LogP contribution in [0.15, 0.2) is 0 Å². The van der Waals surface area contributed by atoms with Gasteiger partial charge in [-0.15, -0.1) is 0 Å². The summed E-state index contributed by atoms with van der Waals surface area (Å²) in [6.45, 7) is 4.69. The molecule has 62 heavy (non-hydrogen) atoms. The Labute approximate surface area is 365 Å². The number of aliphatic carboxylic acids is 2. The van der Waals surface area contributed by atoms with Crippen molar-refractivity contribution in [1.29, 1.82) is 5.41 Å². The maximum atomic E-state index is 13.4. The molecule has 1 aliphatic rings. The minimum absolute atomic E-state index is 0.0159. The maximum absolute atomic E-state index is 13.4. The van der Waals surface area contributed by atoms with Crippen molar-refractivity contribution in [3.05, 3.63) is 0 Å². The first-order valence-corrected chi connectivity index (χ1v) is 22.4. The lowest BCUT2D eigenvalue weighted by Gasteiger charge is -2.26. The molecule has 0 aromatic carbocycles. The Morgan fingerprint density at radius 2 is 1.24 bits per heavy atom. The first kappa shape index (κ1) is 55.0. The molecule has 1 saturated heterocycles. The third-order valence-corrected chi connectivity index (χ3v) is 10.6. The standard InChI is InChI=1S/C42H75N9O11/c1-4-5-6-7-8-9-10-11-12-13-14-15-16-21-35(54)51-23-18-20-33(51)40(60)46-26-34(53)47-31(25-36(55)56)38(58)49-30(24-28(2)3)37(57)50-32(27-52)39(59)48-29(41(61)62)19-17-22-45-42(43)44/h28-33,52H,4-27H2,1-3H3,(H,46,60)(H,47,53)(H,48,59)(H,49,58)(H,50,57)(H,55,56)(H,61,62)(H4,43,44,45)/t29-,30-,31-,32-,33-/m0/s1. The van der Waals surface area contributed by atoms with E-state index >= 15 is 0 Å². The molecule has 354 valence electrons. The normalized spacial score (nSPS) is 15.4. The summed E-state index contributed by atoms with van der Waals surface area (Å²) >= 11 is 0. The van der Waals surface area contributed by atoms with Crippen LogP contribution in [0.5, 0.6) is 0 Å². The van der Waals surface area contributed by atoms with E-state index in [1.165, 1.54) is 62.7 Å². The molecule has 0 saturated carbocycles. The fourth-order valence-corrected chi connectivity index (χ4v) is 7.19. The quantitative estimate of drug-likeness (QED) is 0.0248. The number of nitrogens with one attached hydrogen (secondary N) is 7. The summed E-state index contributed by atoms with van der Waals surface area (Å²) < 4.78 is 0. The van der Waals surface area contributed by atoms with Crippen LogP contribution in [0.3, 0.4) is 0 Å². The summed E-state index contributed by atoms with van der Waals surface area (Å²) in [4.78, 5) is 104. The summed E-state index contributed by atoms with van der Waals surface area (Å²) in [7, 11) is 0. The van der Waals surface area contributed by atoms with Crippen molar-refractivity contribution in [2.75, 3.05) is 26.2 Å². The molecule has 0 bridgehead atoms. The fraction of sp³-hybridized carbons (Fsp3) is 0.786. The van der Waals surface area contributed by atoms with Gasteiger partial charge in [0.1, 0.15) is 30.2 Å². The van der Waals surface area contributed by atoms with E-state index in [1.54, 1.807) is 13.8 Å². The summed E-state index contributed by atoms with van der Waals surface area (Å²) in [6, 6.07) is -6.86. The highest BCUT2D eigenvalue weighted by Crippen LogP contribution is 2.20. The number of nitrogens with two attached hydrogens (primary N) is 1. The average molecular weight is 882 g/mol. The number of aliphatic hydroxyl groups excluding tert-OH is 1. The molecule has 6 amide bonds. The Hall–Kier alpha value is -5.01. The minimum atomic E-state index is -1.69. The van der Waals surface area contributed by atoms with Crippen molar-refractivity contribution in [1.82, 2.24) is 36.8 Å². The van der Waals surface area contributed by atoms with Gasteiger partial charge in [-0.05, 0) is 44.4 Å². The molecule has 0 aromatic rings. The molecule has 20 heteroatoms. The second-order valence-electron chi connectivity index (χ2n) is 16.5. The van der Waals surface area contributed by atoms with Crippen LogP contribution in [0.1, 0.15) is 149 Å². The van der Waals surface area contributed by atoms with E-state index in [-0.39, 0.29) is 43.6 Å². The maximum Gasteiger partial charge on any atom is 0.326 e. The second kappa shape index (κ2) is 31.8. The van der Waals surface area contributed by atoms with Crippen molar-refractivity contribution in [3.8, 4) is 0 Å².